The number of halogens is 1. The molecule has 3 aromatic rings. The molecule has 1 aromatic carbocycles. The molecule has 2 aliphatic heterocycles. The van der Waals surface area contributed by atoms with Crippen LogP contribution in [-0.4, -0.2) is 57.0 Å². The van der Waals surface area contributed by atoms with E-state index in [1.807, 2.05) is 18.2 Å². The zero-order valence-electron chi connectivity index (χ0n) is 17.2. The van der Waals surface area contributed by atoms with Crippen molar-refractivity contribution in [3.63, 3.8) is 0 Å². The van der Waals surface area contributed by atoms with Crippen LogP contribution in [0, 0.1) is 0 Å². The third kappa shape index (κ3) is 3.03. The molecule has 5 rings (SSSR count). The van der Waals surface area contributed by atoms with Crippen molar-refractivity contribution in [2.45, 2.75) is 25.4 Å². The van der Waals surface area contributed by atoms with E-state index < -0.39 is 11.6 Å². The summed E-state index contributed by atoms with van der Waals surface area (Å²) in [6.07, 6.45) is 3.64. The second kappa shape index (κ2) is 7.59. The monoisotopic (exact) mass is 454 g/mol. The molecule has 1 saturated heterocycles. The fourth-order valence-corrected chi connectivity index (χ4v) is 4.61. The number of hydrogen-bond donors (Lipinski definition) is 0. The molecule has 0 saturated carbocycles. The molecule has 10 heteroatoms. The number of likely N-dealkylation sites (tertiary alicyclic amines) is 1. The first kappa shape index (κ1) is 20.4. The smallest absolute Gasteiger partial charge is 0.343 e. The van der Waals surface area contributed by atoms with Crippen LogP contribution in [0.3, 0.4) is 0 Å². The van der Waals surface area contributed by atoms with E-state index in [-0.39, 0.29) is 40.4 Å². The largest absolute Gasteiger partial charge is 0.462 e. The van der Waals surface area contributed by atoms with Crippen LogP contribution < -0.4 is 0 Å². The van der Waals surface area contributed by atoms with E-state index in [1.54, 1.807) is 17.9 Å². The number of piperidine rings is 1. The Morgan fingerprint density at radius 2 is 1.94 bits per heavy atom. The van der Waals surface area contributed by atoms with Gasteiger partial charge in [0.2, 0.25) is 0 Å². The van der Waals surface area contributed by atoms with Crippen LogP contribution in [0.1, 0.15) is 56.4 Å². The van der Waals surface area contributed by atoms with Crippen LogP contribution >= 0.6 is 11.6 Å². The van der Waals surface area contributed by atoms with Gasteiger partial charge in [0.15, 0.2) is 5.65 Å². The van der Waals surface area contributed by atoms with Crippen LogP contribution in [0.2, 0.25) is 5.15 Å². The number of ether oxygens (including phenoxy) is 2. The Hall–Kier alpha value is -3.46. The molecule has 2 aliphatic rings. The average molecular weight is 455 g/mol. The lowest BCUT2D eigenvalue weighted by Crippen LogP contribution is -2.45. The molecule has 0 bridgehead atoms. The first-order valence-corrected chi connectivity index (χ1v) is 10.6. The Morgan fingerprint density at radius 1 is 1.19 bits per heavy atom. The van der Waals surface area contributed by atoms with Crippen molar-refractivity contribution in [2.24, 2.45) is 0 Å². The summed E-state index contributed by atoms with van der Waals surface area (Å²) in [5.41, 5.74) is 1.33. The van der Waals surface area contributed by atoms with Gasteiger partial charge in [-0.2, -0.15) is 5.10 Å². The zero-order chi connectivity index (χ0) is 22.5. The number of carbonyl (C=O) groups excluding carboxylic acids is 3. The molecule has 0 radical (unpaired) electrons. The lowest BCUT2D eigenvalue weighted by Gasteiger charge is -2.38. The van der Waals surface area contributed by atoms with Gasteiger partial charge in [-0.25, -0.2) is 19.1 Å². The highest BCUT2D eigenvalue weighted by Gasteiger charge is 2.47. The van der Waals surface area contributed by atoms with Gasteiger partial charge in [-0.1, -0.05) is 29.8 Å². The number of benzene rings is 1. The zero-order valence-corrected chi connectivity index (χ0v) is 18.0. The minimum Gasteiger partial charge on any atom is -0.462 e. The predicted octanol–water partition coefficient (Wildman–Crippen LogP) is 2.86. The fourth-order valence-electron chi connectivity index (χ4n) is 4.36. The molecule has 0 atom stereocenters. The first-order chi connectivity index (χ1) is 15.4. The highest BCUT2D eigenvalue weighted by atomic mass is 35.5. The molecule has 32 heavy (non-hydrogen) atoms. The second-order valence-electron chi connectivity index (χ2n) is 7.70. The normalized spacial score (nSPS) is 16.8. The molecule has 0 aliphatic carbocycles. The van der Waals surface area contributed by atoms with Crippen molar-refractivity contribution < 1.29 is 23.9 Å². The summed E-state index contributed by atoms with van der Waals surface area (Å²) in [6, 6.07) is 7.37. The van der Waals surface area contributed by atoms with Gasteiger partial charge in [0, 0.05) is 37.7 Å². The quantitative estimate of drug-likeness (QED) is 0.442. The van der Waals surface area contributed by atoms with E-state index >= 15 is 0 Å². The van der Waals surface area contributed by atoms with E-state index in [2.05, 4.69) is 10.1 Å². The van der Waals surface area contributed by atoms with Crippen molar-refractivity contribution in [2.75, 3.05) is 19.7 Å². The average Bonchev–Trinajstić information content (AvgIpc) is 3.35. The van der Waals surface area contributed by atoms with Crippen molar-refractivity contribution in [1.29, 1.82) is 0 Å². The molecular weight excluding hydrogens is 436 g/mol. The summed E-state index contributed by atoms with van der Waals surface area (Å²) < 4.78 is 12.0. The Bertz CT molecular complexity index is 1260. The maximum atomic E-state index is 13.2. The van der Waals surface area contributed by atoms with Crippen LogP contribution in [0.5, 0.6) is 0 Å². The number of hydrogen-bond acceptors (Lipinski definition) is 7. The molecule has 1 spiro atoms. The van der Waals surface area contributed by atoms with Gasteiger partial charge < -0.3 is 14.4 Å². The molecule has 0 unspecified atom stereocenters. The maximum Gasteiger partial charge on any atom is 0.343 e. The van der Waals surface area contributed by atoms with E-state index in [1.165, 1.54) is 16.9 Å². The van der Waals surface area contributed by atoms with Gasteiger partial charge in [-0.05, 0) is 13.0 Å². The Kier molecular flexibility index (Phi) is 4.85. The number of esters is 2. The molecule has 1 fully saturated rings. The molecule has 1 amide bonds. The van der Waals surface area contributed by atoms with Crippen molar-refractivity contribution >= 4 is 35.1 Å². The number of rotatable bonds is 3. The summed E-state index contributed by atoms with van der Waals surface area (Å²) in [5, 5.41) is 4.16. The number of nitrogens with zero attached hydrogens (tertiary/aromatic N) is 4. The molecule has 2 aromatic heterocycles. The van der Waals surface area contributed by atoms with Crippen molar-refractivity contribution in [3.8, 4) is 0 Å². The SMILES string of the molecule is CCOC(=O)c1cnn2c(Cl)c(C(=O)N3CCC4(CC3)OC(=O)c3ccccc34)cnc12. The molecular formula is C22H19ClN4O5. The van der Waals surface area contributed by atoms with E-state index in [4.69, 9.17) is 21.1 Å². The predicted molar refractivity (Wildman–Crippen MR) is 113 cm³/mol. The minimum absolute atomic E-state index is 0.0634. The van der Waals surface area contributed by atoms with Gasteiger partial charge in [-0.3, -0.25) is 4.79 Å². The molecule has 164 valence electrons. The molecule has 9 nitrogen and oxygen atoms in total. The summed E-state index contributed by atoms with van der Waals surface area (Å²) in [7, 11) is 0. The minimum atomic E-state index is -0.701. The topological polar surface area (TPSA) is 103 Å². The lowest BCUT2D eigenvalue weighted by molar-refractivity contribution is -0.0389. The van der Waals surface area contributed by atoms with Crippen LogP contribution in [0.25, 0.3) is 5.65 Å². The molecule has 0 N–H and O–H groups in total. The van der Waals surface area contributed by atoms with Crippen LogP contribution in [0.4, 0.5) is 0 Å². The van der Waals surface area contributed by atoms with Gasteiger partial charge in [-0.15, -0.1) is 0 Å². The van der Waals surface area contributed by atoms with Gasteiger partial charge in [0.1, 0.15) is 16.3 Å². The van der Waals surface area contributed by atoms with Gasteiger partial charge in [0.25, 0.3) is 5.91 Å². The van der Waals surface area contributed by atoms with Crippen molar-refractivity contribution in [3.05, 3.63) is 64.1 Å². The first-order valence-electron chi connectivity index (χ1n) is 10.3. The third-order valence-corrected chi connectivity index (χ3v) is 6.34. The van der Waals surface area contributed by atoms with E-state index in [9.17, 15) is 14.4 Å². The fraction of sp³-hybridized carbons (Fsp3) is 0.318. The lowest BCUT2D eigenvalue weighted by atomic mass is 9.83. The Morgan fingerprint density at radius 3 is 2.69 bits per heavy atom. The highest BCUT2D eigenvalue weighted by Crippen LogP contribution is 2.44. The van der Waals surface area contributed by atoms with Crippen LogP contribution in [-0.2, 0) is 15.1 Å². The Labute approximate surface area is 187 Å². The van der Waals surface area contributed by atoms with Crippen LogP contribution in [0.15, 0.2) is 36.7 Å². The summed E-state index contributed by atoms with van der Waals surface area (Å²) in [4.78, 5) is 43.4. The standard InChI is InChI=1S/C22H19ClN4O5/c1-2-31-20(29)15-12-25-27-17(23)14(11-24-18(15)27)19(28)26-9-7-22(8-10-26)16-6-4-3-5-13(16)21(30)32-22/h3-6,11-12H,2,7-10H2,1H3. The summed E-state index contributed by atoms with van der Waals surface area (Å²) >= 11 is 6.45. The number of carbonyl (C=O) groups is 3. The van der Waals surface area contributed by atoms with Crippen molar-refractivity contribution in [1.82, 2.24) is 19.5 Å². The number of amides is 1. The van der Waals surface area contributed by atoms with Gasteiger partial charge >= 0.3 is 11.9 Å². The van der Waals surface area contributed by atoms with Gasteiger partial charge in [0.05, 0.1) is 23.9 Å². The summed E-state index contributed by atoms with van der Waals surface area (Å²) in [5.74, 6) is -1.18. The summed E-state index contributed by atoms with van der Waals surface area (Å²) in [6.45, 7) is 2.70. The Balaban J connectivity index is 1.38. The second-order valence-corrected chi connectivity index (χ2v) is 8.06. The number of fused-ring (bicyclic) bond motifs is 3. The number of aromatic nitrogens is 3. The third-order valence-electron chi connectivity index (χ3n) is 5.98. The highest BCUT2D eigenvalue weighted by molar-refractivity contribution is 6.33. The molecule has 4 heterocycles. The van der Waals surface area contributed by atoms with E-state index in [0.717, 1.165) is 5.56 Å². The van der Waals surface area contributed by atoms with E-state index in [0.29, 0.717) is 31.5 Å². The maximum absolute atomic E-state index is 13.2.